The SMILES string of the molecule is CC=CC(=O)C#COCC. The summed E-state index contributed by atoms with van der Waals surface area (Å²) in [6.45, 7) is 4.09. The first-order chi connectivity index (χ1) is 4.81. The van der Waals surface area contributed by atoms with Crippen molar-refractivity contribution in [1.82, 2.24) is 0 Å². The lowest BCUT2D eigenvalue weighted by Crippen LogP contribution is -1.86. The third-order valence-corrected chi connectivity index (χ3v) is 0.709. The summed E-state index contributed by atoms with van der Waals surface area (Å²) in [5.41, 5.74) is 0. The van der Waals surface area contributed by atoms with Gasteiger partial charge in [-0.25, -0.2) is 0 Å². The minimum absolute atomic E-state index is 0.226. The first-order valence-corrected chi connectivity index (χ1v) is 3.10. The van der Waals surface area contributed by atoms with E-state index in [0.717, 1.165) is 0 Å². The van der Waals surface area contributed by atoms with E-state index in [0.29, 0.717) is 6.61 Å². The molecule has 2 heteroatoms. The molecule has 54 valence electrons. The molecule has 0 radical (unpaired) electrons. The van der Waals surface area contributed by atoms with Crippen LogP contribution in [0.1, 0.15) is 13.8 Å². The zero-order valence-corrected chi connectivity index (χ0v) is 6.18. The molecule has 0 amide bonds. The number of hydrogen-bond donors (Lipinski definition) is 0. The van der Waals surface area contributed by atoms with E-state index < -0.39 is 0 Å². The van der Waals surface area contributed by atoms with Crippen molar-refractivity contribution < 1.29 is 9.53 Å². The van der Waals surface area contributed by atoms with Crippen LogP contribution < -0.4 is 0 Å². The van der Waals surface area contributed by atoms with Crippen LogP contribution in [-0.4, -0.2) is 12.4 Å². The van der Waals surface area contributed by atoms with E-state index in [9.17, 15) is 4.79 Å². The minimum Gasteiger partial charge on any atom is -0.447 e. The number of allylic oxidation sites excluding steroid dienone is 2. The molecule has 0 aliphatic carbocycles. The van der Waals surface area contributed by atoms with E-state index in [2.05, 4.69) is 16.8 Å². The predicted molar refractivity (Wildman–Crippen MR) is 39.2 cm³/mol. The van der Waals surface area contributed by atoms with Crippen molar-refractivity contribution in [1.29, 1.82) is 0 Å². The van der Waals surface area contributed by atoms with Crippen LogP contribution in [0.25, 0.3) is 0 Å². The quantitative estimate of drug-likeness (QED) is 0.422. The van der Waals surface area contributed by atoms with Crippen LogP contribution in [0.5, 0.6) is 0 Å². The highest BCUT2D eigenvalue weighted by atomic mass is 16.5. The van der Waals surface area contributed by atoms with E-state index in [4.69, 9.17) is 0 Å². The lowest BCUT2D eigenvalue weighted by molar-refractivity contribution is -0.109. The maximum absolute atomic E-state index is 10.6. The highest BCUT2D eigenvalue weighted by Gasteiger charge is 1.83. The Labute approximate surface area is 60.9 Å². The lowest BCUT2D eigenvalue weighted by Gasteiger charge is -1.82. The van der Waals surface area contributed by atoms with Gasteiger partial charge >= 0.3 is 0 Å². The highest BCUT2D eigenvalue weighted by Crippen LogP contribution is 1.73. The summed E-state index contributed by atoms with van der Waals surface area (Å²) in [5.74, 6) is 2.06. The molecule has 0 unspecified atom stereocenters. The maximum Gasteiger partial charge on any atom is 0.231 e. The smallest absolute Gasteiger partial charge is 0.231 e. The van der Waals surface area contributed by atoms with E-state index in [-0.39, 0.29) is 5.78 Å². The van der Waals surface area contributed by atoms with Crippen molar-refractivity contribution in [2.75, 3.05) is 6.61 Å². The third kappa shape index (κ3) is 4.92. The maximum atomic E-state index is 10.6. The Morgan fingerprint density at radius 3 is 2.90 bits per heavy atom. The van der Waals surface area contributed by atoms with Crippen molar-refractivity contribution in [2.24, 2.45) is 0 Å². The van der Waals surface area contributed by atoms with E-state index in [1.165, 1.54) is 6.08 Å². The average molecular weight is 138 g/mol. The summed E-state index contributed by atoms with van der Waals surface area (Å²) in [5, 5.41) is 0. The van der Waals surface area contributed by atoms with Crippen LogP contribution in [0.3, 0.4) is 0 Å². The summed E-state index contributed by atoms with van der Waals surface area (Å²) >= 11 is 0. The molecule has 0 aromatic heterocycles. The van der Waals surface area contributed by atoms with Gasteiger partial charge in [0.1, 0.15) is 6.11 Å². The molecular formula is C8H10O2. The number of hydrogen-bond acceptors (Lipinski definition) is 2. The van der Waals surface area contributed by atoms with E-state index in [1.54, 1.807) is 13.0 Å². The third-order valence-electron chi connectivity index (χ3n) is 0.709. The number of rotatable bonds is 2. The van der Waals surface area contributed by atoms with Gasteiger partial charge < -0.3 is 4.74 Å². The first kappa shape index (κ1) is 8.77. The topological polar surface area (TPSA) is 26.3 Å². The Morgan fingerprint density at radius 1 is 1.70 bits per heavy atom. The summed E-state index contributed by atoms with van der Waals surface area (Å²) in [7, 11) is 0. The zero-order valence-electron chi connectivity index (χ0n) is 6.18. The number of ether oxygens (including phenoxy) is 1. The highest BCUT2D eigenvalue weighted by molar-refractivity contribution is 6.03. The van der Waals surface area contributed by atoms with Crippen molar-refractivity contribution in [3.05, 3.63) is 12.2 Å². The normalized spacial score (nSPS) is 8.60. The second-order valence-electron chi connectivity index (χ2n) is 1.52. The largest absolute Gasteiger partial charge is 0.447 e. The van der Waals surface area contributed by atoms with Crippen LogP contribution in [0, 0.1) is 12.0 Å². The molecule has 0 aromatic rings. The first-order valence-electron chi connectivity index (χ1n) is 3.10. The fourth-order valence-electron chi connectivity index (χ4n) is 0.352. The molecule has 0 spiro atoms. The Balaban J connectivity index is 3.69. The molecule has 0 aliphatic rings. The van der Waals surface area contributed by atoms with Gasteiger partial charge in [0, 0.05) is 5.92 Å². The van der Waals surface area contributed by atoms with Crippen molar-refractivity contribution in [2.45, 2.75) is 13.8 Å². The van der Waals surface area contributed by atoms with Crippen LogP contribution in [0.4, 0.5) is 0 Å². The predicted octanol–water partition coefficient (Wildman–Crippen LogP) is 1.13. The van der Waals surface area contributed by atoms with Crippen molar-refractivity contribution in [3.8, 4) is 12.0 Å². The van der Waals surface area contributed by atoms with Gasteiger partial charge in [0.2, 0.25) is 5.78 Å². The number of carbonyl (C=O) groups excluding carboxylic acids is 1. The Kier molecular flexibility index (Phi) is 5.17. The molecule has 0 saturated carbocycles. The van der Waals surface area contributed by atoms with Crippen LogP contribution >= 0.6 is 0 Å². The molecule has 0 heterocycles. The summed E-state index contributed by atoms with van der Waals surface area (Å²) in [6, 6.07) is 0. The monoisotopic (exact) mass is 138 g/mol. The molecule has 0 aromatic carbocycles. The van der Waals surface area contributed by atoms with Crippen molar-refractivity contribution in [3.63, 3.8) is 0 Å². The molecule has 0 saturated heterocycles. The van der Waals surface area contributed by atoms with Gasteiger partial charge in [-0.15, -0.1) is 0 Å². The second kappa shape index (κ2) is 5.90. The Hall–Kier alpha value is -1.23. The molecular weight excluding hydrogens is 128 g/mol. The summed E-state index contributed by atoms with van der Waals surface area (Å²) in [4.78, 5) is 10.6. The van der Waals surface area contributed by atoms with Gasteiger partial charge in [0.15, 0.2) is 0 Å². The second-order valence-corrected chi connectivity index (χ2v) is 1.52. The number of carbonyl (C=O) groups is 1. The van der Waals surface area contributed by atoms with Crippen molar-refractivity contribution >= 4 is 5.78 Å². The molecule has 10 heavy (non-hydrogen) atoms. The molecule has 0 N–H and O–H groups in total. The van der Waals surface area contributed by atoms with Crippen LogP contribution in [0.2, 0.25) is 0 Å². The number of ketones is 1. The molecule has 0 bridgehead atoms. The van der Waals surface area contributed by atoms with E-state index >= 15 is 0 Å². The van der Waals surface area contributed by atoms with Gasteiger partial charge in [0.25, 0.3) is 0 Å². The Bertz CT molecular complexity index is 181. The zero-order chi connectivity index (χ0) is 7.82. The molecule has 0 aliphatic heterocycles. The van der Waals surface area contributed by atoms with Gasteiger partial charge in [-0.05, 0) is 19.9 Å². The van der Waals surface area contributed by atoms with Crippen LogP contribution in [0.15, 0.2) is 12.2 Å². The van der Waals surface area contributed by atoms with Gasteiger partial charge in [-0.2, -0.15) is 0 Å². The standard InChI is InChI=1S/C8H10O2/c1-3-5-8(9)6-7-10-4-2/h3,5H,4H2,1-2H3. The average Bonchev–Trinajstić information content (AvgIpc) is 1.89. The minimum atomic E-state index is -0.226. The molecule has 0 rings (SSSR count). The lowest BCUT2D eigenvalue weighted by atomic mass is 10.4. The van der Waals surface area contributed by atoms with Gasteiger partial charge in [0.05, 0.1) is 6.61 Å². The molecule has 0 fully saturated rings. The van der Waals surface area contributed by atoms with Gasteiger partial charge in [-0.3, -0.25) is 4.79 Å². The van der Waals surface area contributed by atoms with Crippen LogP contribution in [-0.2, 0) is 9.53 Å². The van der Waals surface area contributed by atoms with Gasteiger partial charge in [-0.1, -0.05) is 6.08 Å². The summed E-state index contributed by atoms with van der Waals surface area (Å²) < 4.78 is 4.63. The fraction of sp³-hybridized carbons (Fsp3) is 0.375. The Morgan fingerprint density at radius 2 is 2.40 bits per heavy atom. The molecule has 2 nitrogen and oxygen atoms in total. The van der Waals surface area contributed by atoms with E-state index in [1.807, 2.05) is 6.92 Å². The summed E-state index contributed by atoms with van der Waals surface area (Å²) in [6.07, 6.45) is 5.31. The fourth-order valence-corrected chi connectivity index (χ4v) is 0.352. The molecule has 0 atom stereocenters.